The maximum Gasteiger partial charge on any atom is 0.211 e. The van der Waals surface area contributed by atoms with E-state index in [0.29, 0.717) is 0 Å². The molecule has 0 spiro atoms. The van der Waals surface area contributed by atoms with Crippen LogP contribution < -0.4 is 4.91 Å². The van der Waals surface area contributed by atoms with Gasteiger partial charge >= 0.3 is 0 Å². The fraction of sp³-hybridized carbons (Fsp3) is 1.00. The van der Waals surface area contributed by atoms with Gasteiger partial charge in [-0.25, -0.2) is 0 Å². The van der Waals surface area contributed by atoms with Crippen LogP contribution in [-0.2, 0) is 0 Å². The Morgan fingerprint density at radius 2 is 1.25 bits per heavy atom. The van der Waals surface area contributed by atoms with Crippen LogP contribution in [0, 0.1) is 22.9 Å². The van der Waals surface area contributed by atoms with Gasteiger partial charge in [0.25, 0.3) is 0 Å². The minimum Gasteiger partial charge on any atom is -0.102 e. The molecule has 4 heteroatoms. The second-order valence-corrected chi connectivity index (χ2v) is 5.18. The number of nitrogens with zero attached hydrogens (tertiary/aromatic N) is 1. The van der Waals surface area contributed by atoms with Gasteiger partial charge in [0.1, 0.15) is 11.1 Å². The van der Waals surface area contributed by atoms with E-state index in [-0.39, 0.29) is 0 Å². The van der Waals surface area contributed by atoms with Crippen LogP contribution in [0.2, 0.25) is 10.6 Å². The number of hydrogen-bond acceptors (Lipinski definition) is 2. The Labute approximate surface area is 81.7 Å². The van der Waals surface area contributed by atoms with Crippen molar-refractivity contribution in [1.29, 1.82) is 11.1 Å². The summed E-state index contributed by atoms with van der Waals surface area (Å²) in [4.78, 5) is 2.00. The van der Waals surface area contributed by atoms with Crippen LogP contribution >= 0.6 is 0 Å². The van der Waals surface area contributed by atoms with Crippen molar-refractivity contribution in [2.75, 3.05) is 0 Å². The van der Waals surface area contributed by atoms with Crippen LogP contribution in [-0.4, -0.2) is 15.2 Å². The molecule has 0 aromatic rings. The predicted octanol–water partition coefficient (Wildman–Crippen LogP) is 2.95. The van der Waals surface area contributed by atoms with Gasteiger partial charge in [-0.05, 0) is 0 Å². The molecule has 1 radical (unpaired) electrons. The molecule has 0 aromatic heterocycles. The van der Waals surface area contributed by atoms with Crippen LogP contribution in [0.1, 0.15) is 27.7 Å². The van der Waals surface area contributed by atoms with Crippen LogP contribution in [0.15, 0.2) is 0 Å². The van der Waals surface area contributed by atoms with E-state index in [4.69, 9.17) is 11.1 Å². The summed E-state index contributed by atoms with van der Waals surface area (Å²) in [6, 6.07) is 0. The Bertz CT molecular complexity index is 109. The lowest BCUT2D eigenvalue weighted by atomic mass is 10.3. The van der Waals surface area contributed by atoms with Gasteiger partial charge in [-0.1, -0.05) is 39.5 Å². The molecule has 0 rings (SSSR count). The monoisotopic (exact) mass is 185 g/mol. The molecule has 0 heterocycles. The molecule has 12 heavy (non-hydrogen) atoms. The fourth-order valence-corrected chi connectivity index (χ4v) is 2.29. The summed E-state index contributed by atoms with van der Waals surface area (Å²) in [5.41, 5.74) is 11.0. The van der Waals surface area contributed by atoms with Crippen molar-refractivity contribution in [2.45, 2.75) is 38.3 Å². The average Bonchev–Trinajstić information content (AvgIpc) is 1.87. The summed E-state index contributed by atoms with van der Waals surface area (Å²) < 4.78 is 0. The standard InChI is InChI=1S/2C4H9.Al.H2N3/c2*1-4(2)3;;1-3-2/h2*4H,1H2,2-3H3;;1-2H/q;;;+1. The Kier molecular flexibility index (Phi) is 13.0. The molecule has 0 atom stereocenters. The lowest BCUT2D eigenvalue weighted by Crippen LogP contribution is -1.99. The molecule has 0 saturated heterocycles. The zero-order valence-electron chi connectivity index (χ0n) is 8.59. The van der Waals surface area contributed by atoms with Gasteiger partial charge < -0.3 is 0 Å². The first-order chi connectivity index (χ1) is 5.54. The van der Waals surface area contributed by atoms with Crippen LogP contribution in [0.5, 0.6) is 0 Å². The molecule has 3 nitrogen and oxygen atoms in total. The fourth-order valence-electron chi connectivity index (χ4n) is 0.763. The molecule has 2 N–H and O–H groups in total. The SMILES string of the molecule is CC(C)[CH2][Al][CH2]C(C)C.N=[N+]=N. The van der Waals surface area contributed by atoms with Crippen LogP contribution in [0.25, 0.3) is 0 Å². The topological polar surface area (TPSA) is 61.8 Å². The van der Waals surface area contributed by atoms with Crippen molar-refractivity contribution in [3.05, 3.63) is 0 Å². The Morgan fingerprint density at radius 3 is 1.42 bits per heavy atom. The van der Waals surface area contributed by atoms with Gasteiger partial charge in [0.15, 0.2) is 0 Å². The molecule has 0 saturated carbocycles. The van der Waals surface area contributed by atoms with Crippen molar-refractivity contribution in [1.82, 2.24) is 4.91 Å². The van der Waals surface area contributed by atoms with Gasteiger partial charge in [0.2, 0.25) is 20.1 Å². The quantitative estimate of drug-likeness (QED) is 0.384. The van der Waals surface area contributed by atoms with Crippen molar-refractivity contribution in [3.8, 4) is 0 Å². The minimum absolute atomic E-state index is 0.755. The van der Waals surface area contributed by atoms with Crippen molar-refractivity contribution in [2.24, 2.45) is 11.8 Å². The van der Waals surface area contributed by atoms with Crippen molar-refractivity contribution >= 4 is 15.2 Å². The Morgan fingerprint density at radius 1 is 1.00 bits per heavy atom. The molecule has 69 valence electrons. The van der Waals surface area contributed by atoms with E-state index in [2.05, 4.69) is 27.7 Å². The number of hydrogen-bond donors (Lipinski definition) is 2. The highest BCUT2D eigenvalue weighted by Gasteiger charge is 1.98. The molecule has 0 bridgehead atoms. The van der Waals surface area contributed by atoms with Gasteiger partial charge in [0.05, 0.1) is 0 Å². The van der Waals surface area contributed by atoms with Gasteiger partial charge in [-0.2, -0.15) is 0 Å². The summed E-state index contributed by atoms with van der Waals surface area (Å²) in [5, 5.41) is 2.97. The summed E-state index contributed by atoms with van der Waals surface area (Å²) in [6.07, 6.45) is 0. The maximum absolute atomic E-state index is 5.50. The molecule has 0 aromatic carbocycles. The highest BCUT2D eigenvalue weighted by Crippen LogP contribution is 2.05. The Balaban J connectivity index is 0. The zero-order chi connectivity index (χ0) is 9.98. The molecule has 0 aliphatic rings. The molecule has 0 aliphatic carbocycles. The van der Waals surface area contributed by atoms with Crippen molar-refractivity contribution < 1.29 is 0 Å². The van der Waals surface area contributed by atoms with E-state index in [1.165, 1.54) is 10.6 Å². The van der Waals surface area contributed by atoms with E-state index in [0.717, 1.165) is 27.1 Å². The summed E-state index contributed by atoms with van der Waals surface area (Å²) in [5.74, 6) is 1.86. The van der Waals surface area contributed by atoms with E-state index < -0.39 is 0 Å². The summed E-state index contributed by atoms with van der Waals surface area (Å²) in [6.45, 7) is 9.25. The second kappa shape index (κ2) is 10.8. The normalized spacial score (nSPS) is 8.83. The maximum atomic E-state index is 5.50. The minimum atomic E-state index is 0.755. The van der Waals surface area contributed by atoms with Gasteiger partial charge in [0, 0.05) is 0 Å². The van der Waals surface area contributed by atoms with E-state index in [1.807, 2.05) is 4.91 Å². The van der Waals surface area contributed by atoms with E-state index in [1.54, 1.807) is 0 Å². The second-order valence-electron chi connectivity index (χ2n) is 3.66. The first-order valence-corrected chi connectivity index (χ1v) is 6.02. The third kappa shape index (κ3) is 22.5. The third-order valence-corrected chi connectivity index (χ3v) is 3.83. The van der Waals surface area contributed by atoms with Gasteiger partial charge in [-0.15, -0.1) is 10.6 Å². The number of rotatable bonds is 4. The van der Waals surface area contributed by atoms with Crippen LogP contribution in [0.4, 0.5) is 0 Å². The summed E-state index contributed by atoms with van der Waals surface area (Å²) >= 11 is 0.755. The molecular weight excluding hydrogens is 165 g/mol. The molecule has 0 unspecified atom stereocenters. The molecule has 0 amide bonds. The Hall–Kier alpha value is -0.158. The lowest BCUT2D eigenvalue weighted by molar-refractivity contribution is 0.700. The lowest BCUT2D eigenvalue weighted by Gasteiger charge is -2.03. The largest absolute Gasteiger partial charge is 0.211 e. The van der Waals surface area contributed by atoms with Gasteiger partial charge in [-0.3, -0.25) is 0 Å². The first kappa shape index (κ1) is 14.4. The first-order valence-electron chi connectivity index (χ1n) is 4.39. The summed E-state index contributed by atoms with van der Waals surface area (Å²) in [7, 11) is 0. The third-order valence-electron chi connectivity index (χ3n) is 1.28. The van der Waals surface area contributed by atoms with E-state index >= 15 is 0 Å². The highest BCUT2D eigenvalue weighted by molar-refractivity contribution is 6.35. The van der Waals surface area contributed by atoms with E-state index in [9.17, 15) is 0 Å². The molecular formula is C8H20AlN3+. The average molecular weight is 185 g/mol. The molecule has 0 fully saturated rings. The number of nitrogens with one attached hydrogen (secondary N) is 2. The smallest absolute Gasteiger partial charge is 0.102 e. The predicted molar refractivity (Wildman–Crippen MR) is 52.6 cm³/mol. The van der Waals surface area contributed by atoms with Crippen LogP contribution in [0.3, 0.4) is 0 Å². The highest BCUT2D eigenvalue weighted by atomic mass is 27.1. The van der Waals surface area contributed by atoms with Crippen molar-refractivity contribution in [3.63, 3.8) is 0 Å². The molecule has 0 aliphatic heterocycles. The zero-order valence-corrected chi connectivity index (χ0v) is 9.75.